The molecule has 456 valence electrons. The Morgan fingerprint density at radius 2 is 0.595 bits per heavy atom. The Bertz CT molecular complexity index is 3500. The number of rotatable bonds is 15. The molecule has 8 bridgehead atoms. The smallest absolute Gasteiger partial charge is 0.354 e. The molecule has 0 spiro atoms. The van der Waals surface area contributed by atoms with Crippen molar-refractivity contribution in [1.29, 1.82) is 0 Å². The number of H-pyrrole nitrogens is 2. The lowest BCUT2D eigenvalue weighted by atomic mass is 9.86. The molecule has 7 rings (SSSR count). The minimum atomic E-state index is -9.06. The second-order valence-electron chi connectivity index (χ2n) is 17.8. The molecule has 84 heavy (non-hydrogen) atoms. The van der Waals surface area contributed by atoms with E-state index >= 15 is 61.5 Å². The Balaban J connectivity index is 1.62. The third kappa shape index (κ3) is 8.92. The summed E-state index contributed by atoms with van der Waals surface area (Å²) in [5.41, 5.74) is -17.8. The van der Waals surface area contributed by atoms with Crippen LogP contribution in [-0.2, 0) is 5.92 Å². The monoisotopic (exact) mass is 1260 g/mol. The van der Waals surface area contributed by atoms with Crippen LogP contribution in [-0.4, -0.2) is 97.4 Å². The summed E-state index contributed by atoms with van der Waals surface area (Å²) < 4.78 is 467. The molecule has 0 atom stereocenters. The first-order valence-electron chi connectivity index (χ1n) is 21.9. The summed E-state index contributed by atoms with van der Waals surface area (Å²) in [4.78, 5) is 11.2. The first-order chi connectivity index (χ1) is 37.9. The van der Waals surface area contributed by atoms with Crippen molar-refractivity contribution in [3.63, 3.8) is 0 Å². The number of alkyl halides is 30. The Kier molecular flexibility index (Phi) is 14.9. The van der Waals surface area contributed by atoms with E-state index in [0.717, 1.165) is 48.5 Å². The molecule has 2 aromatic carbocycles. The molecule has 2 aliphatic rings. The molecule has 0 unspecified atom stereocenters. The van der Waals surface area contributed by atoms with Crippen LogP contribution in [0.1, 0.15) is 33.9 Å². The molecule has 2 N–H and O–H groups in total. The maximum atomic E-state index is 16.8. The number of hydrogen-bond acceptors (Lipinski definition) is 2. The van der Waals surface area contributed by atoms with E-state index in [1.54, 1.807) is 0 Å². The van der Waals surface area contributed by atoms with E-state index in [2.05, 4.69) is 19.9 Å². The summed E-state index contributed by atoms with van der Waals surface area (Å²) in [5, 5.41) is 0. The lowest BCUT2D eigenvalue weighted by Crippen LogP contribution is -2.74. The Morgan fingerprint density at radius 3 is 0.929 bits per heavy atom. The van der Waals surface area contributed by atoms with Gasteiger partial charge in [-0.2, -0.15) is 132 Å². The molecule has 4 nitrogen and oxygen atoms in total. The molecule has 5 aromatic rings. The third-order valence-electron chi connectivity index (χ3n) is 12.5. The second kappa shape index (κ2) is 19.5. The largest absolute Gasteiger partial charge is 0.460 e. The van der Waals surface area contributed by atoms with Gasteiger partial charge >= 0.3 is 83.4 Å². The molecule has 3 aromatic heterocycles. The van der Waals surface area contributed by atoms with Crippen LogP contribution >= 0.6 is 0 Å². The maximum Gasteiger partial charge on any atom is 0.460 e. The number of hydrogen-bond donors (Lipinski definition) is 2. The topological polar surface area (TPSA) is 57.4 Å². The highest BCUT2D eigenvalue weighted by Gasteiger charge is 2.96. The van der Waals surface area contributed by atoms with Crippen molar-refractivity contribution in [2.24, 2.45) is 0 Å². The van der Waals surface area contributed by atoms with E-state index in [0.29, 0.717) is 36.4 Å². The van der Waals surface area contributed by atoms with E-state index in [1.807, 2.05) is 0 Å². The first kappa shape index (κ1) is 64.1. The predicted molar refractivity (Wildman–Crippen MR) is 229 cm³/mol. The number of aromatic nitrogens is 4. The van der Waals surface area contributed by atoms with Crippen LogP contribution in [0, 0.1) is 0 Å². The molecule has 0 aliphatic carbocycles. The summed E-state index contributed by atoms with van der Waals surface area (Å²) in [6, 6.07) is 12.2. The Hall–Kier alpha value is -7.46. The number of nitrogens with one attached hydrogen (secondary N) is 2. The summed E-state index contributed by atoms with van der Waals surface area (Å²) in [6.45, 7) is 0. The quantitative estimate of drug-likeness (QED) is 0.101. The zero-order valence-corrected chi connectivity index (χ0v) is 39.4. The SMILES string of the molecule is F/C(=C(/F)C(F)(F)C(F)(F)C(F)(F)C(F)(F)C(F)(F)C(F)(F)F)c1c2ccc([nH]2)c(-c2ccccc2)c2nc(c(C(F)(F)C(F)(F)C(F)(F)C(F)(F)C(F)(F)C(F)(F)C(F)(F)C(F)(F)F)c3nc(c(-c4ccccc4)c4ccc1[nH]4)C=C3)C=C2. The van der Waals surface area contributed by atoms with Crippen molar-refractivity contribution < 1.29 is 140 Å². The van der Waals surface area contributed by atoms with Gasteiger partial charge in [0.1, 0.15) is 0 Å². The van der Waals surface area contributed by atoms with Gasteiger partial charge in [-0.25, -0.2) is 18.7 Å². The standard InChI is InChI=1S/C48H20F32N4/c49-33(34(50)36(53,54)38(57,58)40(61,62)43(67,68)45(71,72)47(75,76)77)31-25-13-11-21(81-25)29(19-7-3-1-4-8-19)23-15-17-27(83-23)32(28-18-16-24(84-28)30(20-9-5-2-6-10-20)22-12-14-26(31)82-22)35(51,52)37(55,56)39(59,60)41(63,64)42(65,66)44(69,70)46(73,74)48(78,79)80/h1-18,81-82H/b29-21?,29-23?,30-22?,30-24?,31-25?,31-26?,32-27?,32-28?,34-33+. The highest BCUT2D eigenvalue weighted by Crippen LogP contribution is 2.66. The summed E-state index contributed by atoms with van der Waals surface area (Å²) in [6.07, 6.45) is -15.2. The van der Waals surface area contributed by atoms with Crippen molar-refractivity contribution in [2.45, 2.75) is 83.4 Å². The Labute approximate surface area is 442 Å². The summed E-state index contributed by atoms with van der Waals surface area (Å²) in [5.74, 6) is -110. The fourth-order valence-corrected chi connectivity index (χ4v) is 8.06. The van der Waals surface area contributed by atoms with Gasteiger partial charge < -0.3 is 9.97 Å². The lowest BCUT2D eigenvalue weighted by molar-refractivity contribution is -0.462. The molecular weight excluding hydrogens is 1240 g/mol. The van der Waals surface area contributed by atoms with Crippen LogP contribution in [0.15, 0.2) is 90.8 Å². The van der Waals surface area contributed by atoms with E-state index in [1.165, 1.54) is 12.1 Å². The number of benzene rings is 2. The molecule has 0 saturated heterocycles. The fraction of sp³-hybridized carbons (Fsp3) is 0.292. The van der Waals surface area contributed by atoms with E-state index in [-0.39, 0.29) is 12.2 Å². The summed E-state index contributed by atoms with van der Waals surface area (Å²) >= 11 is 0. The van der Waals surface area contributed by atoms with Crippen molar-refractivity contribution in [2.75, 3.05) is 0 Å². The van der Waals surface area contributed by atoms with Crippen LogP contribution in [0.4, 0.5) is 140 Å². The third-order valence-corrected chi connectivity index (χ3v) is 12.5. The van der Waals surface area contributed by atoms with Crippen LogP contribution < -0.4 is 0 Å². The maximum absolute atomic E-state index is 16.8. The van der Waals surface area contributed by atoms with Gasteiger partial charge in [-0.1, -0.05) is 60.7 Å². The zero-order valence-electron chi connectivity index (χ0n) is 39.4. The Morgan fingerprint density at radius 1 is 0.310 bits per heavy atom. The normalized spacial score (nSPS) is 15.5. The van der Waals surface area contributed by atoms with Gasteiger partial charge in [-0.3, -0.25) is 0 Å². The number of nitrogens with zero attached hydrogens (tertiary/aromatic N) is 2. The molecule has 2 aliphatic heterocycles. The highest BCUT2D eigenvalue weighted by atomic mass is 19.4. The van der Waals surface area contributed by atoms with Gasteiger partial charge in [0.25, 0.3) is 0 Å². The highest BCUT2D eigenvalue weighted by molar-refractivity contribution is 5.97. The lowest BCUT2D eigenvalue weighted by Gasteiger charge is -2.42. The second-order valence-corrected chi connectivity index (χ2v) is 17.8. The molecule has 0 amide bonds. The molecule has 0 saturated carbocycles. The van der Waals surface area contributed by atoms with Crippen LogP contribution in [0.25, 0.3) is 74.5 Å². The minimum Gasteiger partial charge on any atom is -0.354 e. The van der Waals surface area contributed by atoms with Crippen molar-refractivity contribution >= 4 is 52.2 Å². The van der Waals surface area contributed by atoms with E-state index in [9.17, 15) is 79.0 Å². The van der Waals surface area contributed by atoms with Crippen LogP contribution in [0.3, 0.4) is 0 Å². The zero-order chi connectivity index (χ0) is 63.8. The number of allylic oxidation sites excluding steroid dienone is 1. The minimum absolute atomic E-state index is 0.0526. The molecule has 5 heterocycles. The molecular formula is C48H20F32N4. The fourth-order valence-electron chi connectivity index (χ4n) is 8.06. The van der Waals surface area contributed by atoms with Crippen molar-refractivity contribution in [3.05, 3.63) is 125 Å². The molecule has 36 heteroatoms. The van der Waals surface area contributed by atoms with Crippen molar-refractivity contribution in [3.8, 4) is 22.3 Å². The van der Waals surface area contributed by atoms with Gasteiger partial charge in [0.05, 0.1) is 44.9 Å². The van der Waals surface area contributed by atoms with Crippen molar-refractivity contribution in [1.82, 2.24) is 19.9 Å². The van der Waals surface area contributed by atoms with E-state index < -0.39 is 173 Å². The van der Waals surface area contributed by atoms with Gasteiger partial charge in [0, 0.05) is 22.2 Å². The van der Waals surface area contributed by atoms with Gasteiger partial charge in [0.15, 0.2) is 5.83 Å². The van der Waals surface area contributed by atoms with E-state index in [4.69, 9.17) is 0 Å². The van der Waals surface area contributed by atoms with Gasteiger partial charge in [-0.05, 0) is 59.7 Å². The average molecular weight is 1260 g/mol. The average Bonchev–Trinajstić information content (AvgIpc) is 0.806. The molecule has 0 fully saturated rings. The number of aromatic amines is 2. The van der Waals surface area contributed by atoms with Gasteiger partial charge in [0.2, 0.25) is 5.83 Å². The number of fused-ring (bicyclic) bond motifs is 8. The van der Waals surface area contributed by atoms with Crippen LogP contribution in [0.2, 0.25) is 0 Å². The summed E-state index contributed by atoms with van der Waals surface area (Å²) in [7, 11) is 0. The molecule has 0 radical (unpaired) electrons. The number of halogens is 32. The van der Waals surface area contributed by atoms with Crippen LogP contribution in [0.5, 0.6) is 0 Å². The van der Waals surface area contributed by atoms with Gasteiger partial charge in [-0.15, -0.1) is 0 Å². The predicted octanol–water partition coefficient (Wildman–Crippen LogP) is 18.8. The first-order valence-corrected chi connectivity index (χ1v) is 21.9.